The molecule has 2 fully saturated rings. The van der Waals surface area contributed by atoms with E-state index in [1.165, 1.54) is 54.9 Å². The summed E-state index contributed by atoms with van der Waals surface area (Å²) in [5, 5.41) is 11.3. The molecule has 3 rings (SSSR count). The lowest BCUT2D eigenvalue weighted by Crippen LogP contribution is -2.58. The van der Waals surface area contributed by atoms with E-state index in [4.69, 9.17) is 4.74 Å². The van der Waals surface area contributed by atoms with Gasteiger partial charge in [0.05, 0.1) is 12.0 Å². The second-order valence-electron chi connectivity index (χ2n) is 8.46. The molecule has 1 aromatic carbocycles. The van der Waals surface area contributed by atoms with Crippen molar-refractivity contribution in [3.05, 3.63) is 34.4 Å². The maximum Gasteiger partial charge on any atom is 0.323 e. The topological polar surface area (TPSA) is 110 Å². The van der Waals surface area contributed by atoms with Gasteiger partial charge < -0.3 is 4.74 Å². The van der Waals surface area contributed by atoms with Crippen molar-refractivity contribution in [1.82, 2.24) is 9.21 Å². The second-order valence-corrected chi connectivity index (χ2v) is 10.3. The largest absolute Gasteiger partial charge is 0.468 e. The number of hydrogen-bond acceptors (Lipinski definition) is 7. The van der Waals surface area contributed by atoms with E-state index in [1.54, 1.807) is 6.92 Å². The van der Waals surface area contributed by atoms with Crippen LogP contribution in [-0.4, -0.2) is 67.3 Å². The number of nitro groups is 1. The van der Waals surface area contributed by atoms with E-state index in [0.29, 0.717) is 19.0 Å². The average Bonchev–Trinajstić information content (AvgIpc) is 2.77. The predicted octanol–water partition coefficient (Wildman–Crippen LogP) is 2.80. The molecule has 0 N–H and O–H groups in total. The lowest BCUT2D eigenvalue weighted by atomic mass is 9.84. The highest BCUT2D eigenvalue weighted by Crippen LogP contribution is 2.32. The Hall–Kier alpha value is -2.04. The molecule has 0 amide bonds. The standard InChI is InChI=1S/C21H31N3O6S/c1-16-15-22(19(21(25)30-2)14-17-8-4-3-5-9-17)12-13-23(16)31(28,29)20-11-7-6-10-18(20)24(26)27/h6-7,10-11,16-17,19H,3-5,8-9,12-15H2,1-2H3/t16-,19-/m0/s1. The highest BCUT2D eigenvalue weighted by molar-refractivity contribution is 7.89. The number of para-hydroxylation sites is 1. The summed E-state index contributed by atoms with van der Waals surface area (Å²) in [6.07, 6.45) is 6.52. The van der Waals surface area contributed by atoms with Crippen LogP contribution in [0.1, 0.15) is 45.4 Å². The average molecular weight is 454 g/mol. The first-order valence-electron chi connectivity index (χ1n) is 10.8. The van der Waals surface area contributed by atoms with Crippen molar-refractivity contribution in [2.45, 2.75) is 62.4 Å². The van der Waals surface area contributed by atoms with Crippen molar-refractivity contribution in [3.63, 3.8) is 0 Å². The van der Waals surface area contributed by atoms with Crippen molar-refractivity contribution < 1.29 is 22.9 Å². The zero-order chi connectivity index (χ0) is 22.6. The van der Waals surface area contributed by atoms with E-state index >= 15 is 0 Å². The fraction of sp³-hybridized carbons (Fsp3) is 0.667. The Morgan fingerprint density at radius 1 is 1.23 bits per heavy atom. The number of nitrogens with zero attached hydrogens (tertiary/aromatic N) is 3. The molecule has 1 aliphatic heterocycles. The summed E-state index contributed by atoms with van der Waals surface area (Å²) < 4.78 is 32.8. The second kappa shape index (κ2) is 10.1. The predicted molar refractivity (Wildman–Crippen MR) is 115 cm³/mol. The summed E-state index contributed by atoms with van der Waals surface area (Å²) in [5.74, 6) is 0.190. The fourth-order valence-electron chi connectivity index (χ4n) is 4.83. The van der Waals surface area contributed by atoms with Gasteiger partial charge in [-0.3, -0.25) is 19.8 Å². The zero-order valence-corrected chi connectivity index (χ0v) is 18.9. The third-order valence-electron chi connectivity index (χ3n) is 6.44. The number of nitro benzene ring substituents is 1. The molecule has 1 aliphatic carbocycles. The van der Waals surface area contributed by atoms with E-state index in [-0.39, 0.29) is 17.4 Å². The summed E-state index contributed by atoms with van der Waals surface area (Å²) in [5.41, 5.74) is -0.429. The zero-order valence-electron chi connectivity index (χ0n) is 18.1. The first-order valence-corrected chi connectivity index (χ1v) is 12.3. The molecule has 1 saturated carbocycles. The molecule has 2 aliphatic rings. The Balaban J connectivity index is 1.77. The van der Waals surface area contributed by atoms with E-state index in [1.807, 2.05) is 4.90 Å². The van der Waals surface area contributed by atoms with Crippen molar-refractivity contribution in [2.75, 3.05) is 26.7 Å². The highest BCUT2D eigenvalue weighted by Gasteiger charge is 2.40. The Morgan fingerprint density at radius 3 is 2.52 bits per heavy atom. The first kappa shape index (κ1) is 23.6. The molecule has 1 saturated heterocycles. The van der Waals surface area contributed by atoms with Crippen LogP contribution in [0.15, 0.2) is 29.2 Å². The van der Waals surface area contributed by atoms with Crippen LogP contribution in [0.25, 0.3) is 0 Å². The fourth-order valence-corrected chi connectivity index (χ4v) is 6.60. The number of piperazine rings is 1. The maximum atomic E-state index is 13.2. The van der Waals surface area contributed by atoms with E-state index in [0.717, 1.165) is 19.3 Å². The number of hydrogen-bond donors (Lipinski definition) is 0. The third kappa shape index (κ3) is 5.24. The van der Waals surface area contributed by atoms with Crippen LogP contribution in [0.3, 0.4) is 0 Å². The maximum absolute atomic E-state index is 13.2. The smallest absolute Gasteiger partial charge is 0.323 e. The van der Waals surface area contributed by atoms with Gasteiger partial charge in [0, 0.05) is 31.7 Å². The molecule has 172 valence electrons. The number of benzene rings is 1. The summed E-state index contributed by atoms with van der Waals surface area (Å²) in [4.78, 5) is 24.9. The van der Waals surface area contributed by atoms with Gasteiger partial charge in [-0.25, -0.2) is 8.42 Å². The Kier molecular flexibility index (Phi) is 7.66. The van der Waals surface area contributed by atoms with Gasteiger partial charge in [-0.05, 0) is 25.3 Å². The summed E-state index contributed by atoms with van der Waals surface area (Å²) >= 11 is 0. The van der Waals surface area contributed by atoms with Crippen LogP contribution < -0.4 is 0 Å². The molecule has 0 bridgehead atoms. The molecule has 0 aromatic heterocycles. The number of carbonyl (C=O) groups is 1. The van der Waals surface area contributed by atoms with Crippen LogP contribution in [-0.2, 0) is 19.6 Å². The molecular formula is C21H31N3O6S. The molecule has 0 radical (unpaired) electrons. The molecular weight excluding hydrogens is 422 g/mol. The van der Waals surface area contributed by atoms with E-state index in [9.17, 15) is 23.3 Å². The van der Waals surface area contributed by atoms with E-state index < -0.39 is 32.7 Å². The number of rotatable bonds is 7. The van der Waals surface area contributed by atoms with Gasteiger partial charge in [0.25, 0.3) is 5.69 Å². The van der Waals surface area contributed by atoms with Crippen molar-refractivity contribution in [3.8, 4) is 0 Å². The molecule has 0 spiro atoms. The van der Waals surface area contributed by atoms with Crippen LogP contribution in [0.2, 0.25) is 0 Å². The van der Waals surface area contributed by atoms with Crippen molar-refractivity contribution >= 4 is 21.7 Å². The van der Waals surface area contributed by atoms with Gasteiger partial charge >= 0.3 is 5.97 Å². The molecule has 9 nitrogen and oxygen atoms in total. The molecule has 1 heterocycles. The number of esters is 1. The van der Waals surface area contributed by atoms with Crippen LogP contribution in [0.4, 0.5) is 5.69 Å². The normalized spacial score (nSPS) is 22.7. The quantitative estimate of drug-likeness (QED) is 0.355. The molecule has 10 heteroatoms. The van der Waals surface area contributed by atoms with E-state index in [2.05, 4.69) is 0 Å². The van der Waals surface area contributed by atoms with Crippen molar-refractivity contribution in [1.29, 1.82) is 0 Å². The van der Waals surface area contributed by atoms with Gasteiger partial charge in [-0.1, -0.05) is 44.2 Å². The number of carbonyl (C=O) groups excluding carboxylic acids is 1. The monoisotopic (exact) mass is 453 g/mol. The molecule has 31 heavy (non-hydrogen) atoms. The summed E-state index contributed by atoms with van der Waals surface area (Å²) in [6.45, 7) is 2.67. The Morgan fingerprint density at radius 2 is 1.90 bits per heavy atom. The lowest BCUT2D eigenvalue weighted by molar-refractivity contribution is -0.387. The van der Waals surface area contributed by atoms with Crippen LogP contribution in [0.5, 0.6) is 0 Å². The lowest BCUT2D eigenvalue weighted by Gasteiger charge is -2.42. The molecule has 0 unspecified atom stereocenters. The summed E-state index contributed by atoms with van der Waals surface area (Å²) in [7, 11) is -2.66. The van der Waals surface area contributed by atoms with Gasteiger partial charge in [-0.15, -0.1) is 0 Å². The highest BCUT2D eigenvalue weighted by atomic mass is 32.2. The molecule has 1 aromatic rings. The van der Waals surface area contributed by atoms with Crippen LogP contribution >= 0.6 is 0 Å². The number of sulfonamides is 1. The van der Waals surface area contributed by atoms with Gasteiger partial charge in [0.2, 0.25) is 10.0 Å². The minimum Gasteiger partial charge on any atom is -0.468 e. The number of methoxy groups -OCH3 is 1. The van der Waals surface area contributed by atoms with Crippen LogP contribution in [0, 0.1) is 16.0 Å². The number of ether oxygens (including phenoxy) is 1. The summed E-state index contributed by atoms with van der Waals surface area (Å²) in [6, 6.07) is 4.57. The van der Waals surface area contributed by atoms with Gasteiger partial charge in [-0.2, -0.15) is 4.31 Å². The first-order chi connectivity index (χ1) is 14.8. The SMILES string of the molecule is COC(=O)[C@H](CC1CCCCC1)N1CCN(S(=O)(=O)c2ccccc2[N+](=O)[O-])[C@@H](C)C1. The van der Waals surface area contributed by atoms with Gasteiger partial charge in [0.15, 0.2) is 4.90 Å². The minimum atomic E-state index is -4.04. The third-order valence-corrected chi connectivity index (χ3v) is 8.50. The minimum absolute atomic E-state index is 0.160. The Labute approximate surface area is 183 Å². The van der Waals surface area contributed by atoms with Gasteiger partial charge in [0.1, 0.15) is 6.04 Å². The molecule has 2 atom stereocenters. The Bertz CT molecular complexity index is 900. The van der Waals surface area contributed by atoms with Crippen molar-refractivity contribution in [2.24, 2.45) is 5.92 Å².